The third kappa shape index (κ3) is 5.61. The van der Waals surface area contributed by atoms with Crippen LogP contribution in [-0.4, -0.2) is 30.2 Å². The number of nitrogens with two attached hydrogens (primary N) is 1. The average molecular weight is 348 g/mol. The Balaban J connectivity index is 3.00. The van der Waals surface area contributed by atoms with Gasteiger partial charge in [0.1, 0.15) is 17.5 Å². The second-order valence-electron chi connectivity index (χ2n) is 4.42. The van der Waals surface area contributed by atoms with Crippen molar-refractivity contribution in [3.05, 3.63) is 23.3 Å². The Kier molecular flexibility index (Phi) is 7.84. The highest BCUT2D eigenvalue weighted by Crippen LogP contribution is 2.27. The van der Waals surface area contributed by atoms with Gasteiger partial charge in [0.2, 0.25) is 11.8 Å². The van der Waals surface area contributed by atoms with Crippen LogP contribution in [0.2, 0.25) is 0 Å². The Morgan fingerprint density at radius 3 is 1.91 bits per heavy atom. The number of carbonyl (C=O) groups excluding carboxylic acids is 2. The van der Waals surface area contributed by atoms with Gasteiger partial charge in [-0.3, -0.25) is 9.59 Å². The minimum absolute atomic E-state index is 0.120. The van der Waals surface area contributed by atoms with Gasteiger partial charge in [-0.1, -0.05) is 0 Å². The summed E-state index contributed by atoms with van der Waals surface area (Å²) in [5.41, 5.74) is 7.81. The first-order chi connectivity index (χ1) is 10.5. The molecule has 0 saturated heterocycles. The van der Waals surface area contributed by atoms with Gasteiger partial charge in [0.05, 0.1) is 6.61 Å². The van der Waals surface area contributed by atoms with Gasteiger partial charge in [-0.2, -0.15) is 0 Å². The molecule has 0 aliphatic carbocycles. The van der Waals surface area contributed by atoms with E-state index in [9.17, 15) is 9.59 Å². The zero-order chi connectivity index (χ0) is 16.5. The van der Waals surface area contributed by atoms with Gasteiger partial charge in [-0.15, -0.1) is 23.2 Å². The predicted octanol–water partition coefficient (Wildman–Crippen LogP) is 1.38. The molecule has 1 aromatic rings. The van der Waals surface area contributed by atoms with E-state index in [-0.39, 0.29) is 36.7 Å². The smallest absolute Gasteiger partial charge is 0.235 e. The predicted molar refractivity (Wildman–Crippen MR) is 87.2 cm³/mol. The first kappa shape index (κ1) is 18.4. The number of amides is 2. The zero-order valence-electron chi connectivity index (χ0n) is 12.2. The van der Waals surface area contributed by atoms with Crippen molar-refractivity contribution in [3.63, 3.8) is 0 Å². The number of nitrogen functional groups attached to an aromatic ring is 1. The molecule has 4 N–H and O–H groups in total. The number of carbonyl (C=O) groups is 2. The summed E-state index contributed by atoms with van der Waals surface area (Å²) in [6, 6.07) is 3.43. The summed E-state index contributed by atoms with van der Waals surface area (Å²) in [7, 11) is 0. The van der Waals surface area contributed by atoms with Gasteiger partial charge in [-0.05, 0) is 19.1 Å². The van der Waals surface area contributed by atoms with Crippen molar-refractivity contribution in [3.8, 4) is 5.75 Å². The minimum Gasteiger partial charge on any atom is -0.493 e. The van der Waals surface area contributed by atoms with Gasteiger partial charge in [-0.25, -0.2) is 0 Å². The van der Waals surface area contributed by atoms with E-state index < -0.39 is 0 Å². The maximum absolute atomic E-state index is 11.3. The number of hydrogen-bond acceptors (Lipinski definition) is 4. The maximum atomic E-state index is 11.3. The van der Waals surface area contributed by atoms with Crippen molar-refractivity contribution < 1.29 is 14.3 Å². The Labute approximate surface area is 139 Å². The molecule has 122 valence electrons. The molecule has 6 nitrogen and oxygen atoms in total. The molecule has 0 saturated carbocycles. The van der Waals surface area contributed by atoms with Crippen LogP contribution in [0.4, 0.5) is 5.69 Å². The third-order valence-electron chi connectivity index (χ3n) is 2.75. The highest BCUT2D eigenvalue weighted by Gasteiger charge is 2.13. The molecule has 0 aliphatic heterocycles. The van der Waals surface area contributed by atoms with Crippen molar-refractivity contribution in [2.75, 3.05) is 24.1 Å². The number of nitrogens with one attached hydrogen (secondary N) is 2. The van der Waals surface area contributed by atoms with E-state index in [4.69, 9.17) is 33.7 Å². The van der Waals surface area contributed by atoms with Crippen LogP contribution in [0, 0.1) is 0 Å². The van der Waals surface area contributed by atoms with Crippen LogP contribution in [0.5, 0.6) is 5.75 Å². The molecular weight excluding hydrogens is 329 g/mol. The summed E-state index contributed by atoms with van der Waals surface area (Å²) >= 11 is 10.9. The van der Waals surface area contributed by atoms with Crippen molar-refractivity contribution in [1.29, 1.82) is 0 Å². The summed E-state index contributed by atoms with van der Waals surface area (Å²) in [6.07, 6.45) is 0. The SMILES string of the molecule is CCOc1c(CNC(=O)CCl)cc(N)cc1CNC(=O)CCl. The van der Waals surface area contributed by atoms with E-state index in [1.54, 1.807) is 12.1 Å². The highest BCUT2D eigenvalue weighted by molar-refractivity contribution is 6.27. The topological polar surface area (TPSA) is 93.4 Å². The fraction of sp³-hybridized carbons (Fsp3) is 0.429. The van der Waals surface area contributed by atoms with Gasteiger partial charge in [0, 0.05) is 29.9 Å². The molecule has 0 fully saturated rings. The third-order valence-corrected chi connectivity index (χ3v) is 3.23. The number of rotatable bonds is 8. The first-order valence-corrected chi connectivity index (χ1v) is 7.78. The quantitative estimate of drug-likeness (QED) is 0.489. The van der Waals surface area contributed by atoms with E-state index >= 15 is 0 Å². The van der Waals surface area contributed by atoms with E-state index in [2.05, 4.69) is 10.6 Å². The monoisotopic (exact) mass is 347 g/mol. The fourth-order valence-electron chi connectivity index (χ4n) is 1.86. The summed E-state index contributed by atoms with van der Waals surface area (Å²) < 4.78 is 5.63. The van der Waals surface area contributed by atoms with E-state index in [1.165, 1.54) is 0 Å². The summed E-state index contributed by atoms with van der Waals surface area (Å²) in [4.78, 5) is 22.6. The Bertz CT molecular complexity index is 497. The lowest BCUT2D eigenvalue weighted by atomic mass is 10.1. The van der Waals surface area contributed by atoms with Gasteiger partial charge in [0.25, 0.3) is 0 Å². The van der Waals surface area contributed by atoms with Crippen molar-refractivity contribution in [2.45, 2.75) is 20.0 Å². The molecule has 2 amide bonds. The van der Waals surface area contributed by atoms with Crippen LogP contribution in [-0.2, 0) is 22.7 Å². The number of ether oxygens (including phenoxy) is 1. The van der Waals surface area contributed by atoms with Crippen molar-refractivity contribution >= 4 is 40.7 Å². The van der Waals surface area contributed by atoms with Crippen molar-refractivity contribution in [2.24, 2.45) is 0 Å². The minimum atomic E-state index is -0.288. The van der Waals surface area contributed by atoms with Crippen LogP contribution in [0.25, 0.3) is 0 Å². The molecule has 0 unspecified atom stereocenters. The second kappa shape index (κ2) is 9.38. The number of halogens is 2. The normalized spacial score (nSPS) is 10.1. The zero-order valence-corrected chi connectivity index (χ0v) is 13.8. The van der Waals surface area contributed by atoms with Crippen LogP contribution in [0.15, 0.2) is 12.1 Å². The molecule has 0 bridgehead atoms. The molecule has 0 radical (unpaired) electrons. The molecule has 1 rings (SSSR count). The Hall–Kier alpha value is -1.66. The Morgan fingerprint density at radius 1 is 1.09 bits per heavy atom. The van der Waals surface area contributed by atoms with E-state index in [0.29, 0.717) is 18.0 Å². The molecular formula is C14H19Cl2N3O3. The van der Waals surface area contributed by atoms with E-state index in [0.717, 1.165) is 11.1 Å². The second-order valence-corrected chi connectivity index (χ2v) is 4.96. The lowest BCUT2D eigenvalue weighted by Gasteiger charge is -2.17. The summed E-state index contributed by atoms with van der Waals surface area (Å²) in [6.45, 7) is 2.76. The van der Waals surface area contributed by atoms with E-state index in [1.807, 2.05) is 6.92 Å². The molecule has 0 aliphatic rings. The fourth-order valence-corrected chi connectivity index (χ4v) is 2.04. The first-order valence-electron chi connectivity index (χ1n) is 6.71. The van der Waals surface area contributed by atoms with Gasteiger partial charge < -0.3 is 21.1 Å². The molecule has 22 heavy (non-hydrogen) atoms. The Morgan fingerprint density at radius 2 is 1.55 bits per heavy atom. The number of benzene rings is 1. The molecule has 8 heteroatoms. The van der Waals surface area contributed by atoms with Gasteiger partial charge in [0.15, 0.2) is 0 Å². The summed E-state index contributed by atoms with van der Waals surface area (Å²) in [5.74, 6) is -0.232. The number of alkyl halides is 2. The standard InChI is InChI=1S/C14H19Cl2N3O3/c1-2-22-14-9(7-18-12(20)5-15)3-11(17)4-10(14)8-19-13(21)6-16/h3-4H,2,5-8,17H2,1H3,(H,18,20)(H,19,21). The number of hydrogen-bond donors (Lipinski definition) is 3. The van der Waals surface area contributed by atoms with Crippen LogP contribution >= 0.6 is 23.2 Å². The van der Waals surface area contributed by atoms with Crippen LogP contribution in [0.3, 0.4) is 0 Å². The lowest BCUT2D eigenvalue weighted by molar-refractivity contribution is -0.119. The van der Waals surface area contributed by atoms with Crippen LogP contribution in [0.1, 0.15) is 18.1 Å². The molecule has 0 atom stereocenters. The molecule has 1 aromatic carbocycles. The molecule has 0 heterocycles. The summed E-state index contributed by atoms with van der Waals surface area (Å²) in [5, 5.41) is 5.33. The highest BCUT2D eigenvalue weighted by atomic mass is 35.5. The lowest BCUT2D eigenvalue weighted by Crippen LogP contribution is -2.26. The maximum Gasteiger partial charge on any atom is 0.235 e. The van der Waals surface area contributed by atoms with Crippen molar-refractivity contribution in [1.82, 2.24) is 10.6 Å². The largest absolute Gasteiger partial charge is 0.493 e. The molecule has 0 spiro atoms. The average Bonchev–Trinajstić information content (AvgIpc) is 2.52. The number of anilines is 1. The van der Waals surface area contributed by atoms with Gasteiger partial charge >= 0.3 is 0 Å². The molecule has 0 aromatic heterocycles. The van der Waals surface area contributed by atoms with Crippen LogP contribution < -0.4 is 21.1 Å².